The van der Waals surface area contributed by atoms with E-state index in [1.807, 2.05) is 36.1 Å². The third-order valence-corrected chi connectivity index (χ3v) is 6.13. The van der Waals surface area contributed by atoms with E-state index in [4.69, 9.17) is 0 Å². The van der Waals surface area contributed by atoms with Gasteiger partial charge in [-0.25, -0.2) is 0 Å². The van der Waals surface area contributed by atoms with Gasteiger partial charge in [0.25, 0.3) is 0 Å². The zero-order chi connectivity index (χ0) is 20.9. The zero-order valence-electron chi connectivity index (χ0n) is 17.6. The van der Waals surface area contributed by atoms with Crippen LogP contribution < -0.4 is 10.6 Å². The zero-order valence-corrected chi connectivity index (χ0v) is 17.6. The van der Waals surface area contributed by atoms with E-state index in [0.717, 1.165) is 56.6 Å². The molecule has 1 saturated heterocycles. The predicted octanol–water partition coefficient (Wildman–Crippen LogP) is 4.32. The highest BCUT2D eigenvalue weighted by Gasteiger charge is 2.29. The Labute approximate surface area is 178 Å². The van der Waals surface area contributed by atoms with Crippen LogP contribution in [0.15, 0.2) is 54.6 Å². The molecule has 5 heteroatoms. The van der Waals surface area contributed by atoms with E-state index in [1.54, 1.807) is 0 Å². The summed E-state index contributed by atoms with van der Waals surface area (Å²) in [7, 11) is 0. The lowest BCUT2D eigenvalue weighted by Gasteiger charge is -2.34. The van der Waals surface area contributed by atoms with Gasteiger partial charge in [-0.3, -0.25) is 9.59 Å². The van der Waals surface area contributed by atoms with Gasteiger partial charge in [0.1, 0.15) is 6.04 Å². The van der Waals surface area contributed by atoms with Crippen LogP contribution >= 0.6 is 0 Å². The van der Waals surface area contributed by atoms with Gasteiger partial charge in [-0.1, -0.05) is 36.4 Å². The molecule has 1 saturated carbocycles. The van der Waals surface area contributed by atoms with Gasteiger partial charge in [0.15, 0.2) is 0 Å². The Morgan fingerprint density at radius 2 is 1.67 bits per heavy atom. The standard InChI is InChI=1S/C25H31N3O2/c1-18(26-22-8-5-9-23(17-22)27-24(29)21-10-11-21)25(30)28-14-12-20(13-15-28)16-19-6-3-2-4-7-19/h2-9,17-18,20-21,26H,10-16H2,1H3,(H,27,29). The largest absolute Gasteiger partial charge is 0.374 e. The van der Waals surface area contributed by atoms with Gasteiger partial charge in [-0.15, -0.1) is 0 Å². The summed E-state index contributed by atoms with van der Waals surface area (Å²) < 4.78 is 0. The van der Waals surface area contributed by atoms with Crippen LogP contribution in [-0.4, -0.2) is 35.8 Å². The first kappa shape index (κ1) is 20.5. The van der Waals surface area contributed by atoms with Crippen LogP contribution in [0.5, 0.6) is 0 Å². The average Bonchev–Trinajstić information content (AvgIpc) is 3.60. The molecule has 4 rings (SSSR count). The number of likely N-dealkylation sites (tertiary alicyclic amines) is 1. The second-order valence-corrected chi connectivity index (χ2v) is 8.67. The number of anilines is 2. The monoisotopic (exact) mass is 405 g/mol. The van der Waals surface area contributed by atoms with Crippen LogP contribution in [-0.2, 0) is 16.0 Å². The number of hydrogen-bond donors (Lipinski definition) is 2. The van der Waals surface area contributed by atoms with Crippen molar-refractivity contribution in [2.75, 3.05) is 23.7 Å². The molecular formula is C25H31N3O2. The molecule has 1 aliphatic heterocycles. The van der Waals surface area contributed by atoms with E-state index in [1.165, 1.54) is 5.56 Å². The molecule has 0 radical (unpaired) electrons. The highest BCUT2D eigenvalue weighted by molar-refractivity contribution is 5.94. The van der Waals surface area contributed by atoms with E-state index in [-0.39, 0.29) is 23.8 Å². The highest BCUT2D eigenvalue weighted by atomic mass is 16.2. The number of nitrogens with one attached hydrogen (secondary N) is 2. The number of hydrogen-bond acceptors (Lipinski definition) is 3. The normalized spacial score (nSPS) is 18.0. The fourth-order valence-electron chi connectivity index (χ4n) is 4.17. The Bertz CT molecular complexity index is 871. The topological polar surface area (TPSA) is 61.4 Å². The molecule has 0 bridgehead atoms. The molecule has 2 N–H and O–H groups in total. The lowest BCUT2D eigenvalue weighted by molar-refractivity contribution is -0.133. The molecule has 1 unspecified atom stereocenters. The van der Waals surface area contributed by atoms with Gasteiger partial charge in [-0.2, -0.15) is 0 Å². The minimum Gasteiger partial charge on any atom is -0.374 e. The van der Waals surface area contributed by atoms with Crippen LogP contribution in [0.25, 0.3) is 0 Å². The molecule has 1 heterocycles. The van der Waals surface area contributed by atoms with Crippen molar-refractivity contribution in [1.82, 2.24) is 4.90 Å². The van der Waals surface area contributed by atoms with Crippen molar-refractivity contribution in [2.24, 2.45) is 11.8 Å². The number of rotatable bonds is 7. The Morgan fingerprint density at radius 1 is 0.967 bits per heavy atom. The van der Waals surface area contributed by atoms with Crippen LogP contribution in [0.4, 0.5) is 11.4 Å². The quantitative estimate of drug-likeness (QED) is 0.721. The Hall–Kier alpha value is -2.82. The highest BCUT2D eigenvalue weighted by Crippen LogP contribution is 2.30. The van der Waals surface area contributed by atoms with E-state index in [2.05, 4.69) is 41.0 Å². The van der Waals surface area contributed by atoms with Gasteiger partial charge in [0.05, 0.1) is 0 Å². The summed E-state index contributed by atoms with van der Waals surface area (Å²) in [5.74, 6) is 1.05. The van der Waals surface area contributed by atoms with E-state index >= 15 is 0 Å². The molecule has 0 aromatic heterocycles. The fourth-order valence-corrected chi connectivity index (χ4v) is 4.17. The molecule has 158 valence electrons. The number of carbonyl (C=O) groups is 2. The van der Waals surface area contributed by atoms with Crippen molar-refractivity contribution >= 4 is 23.2 Å². The summed E-state index contributed by atoms with van der Waals surface area (Å²) >= 11 is 0. The summed E-state index contributed by atoms with van der Waals surface area (Å²) in [6.07, 6.45) is 5.16. The molecule has 2 fully saturated rings. The molecule has 2 aliphatic rings. The molecule has 30 heavy (non-hydrogen) atoms. The number of amides is 2. The Kier molecular flexibility index (Phi) is 6.36. The molecule has 5 nitrogen and oxygen atoms in total. The third-order valence-electron chi connectivity index (χ3n) is 6.13. The van der Waals surface area contributed by atoms with Crippen molar-refractivity contribution in [3.63, 3.8) is 0 Å². The second kappa shape index (κ2) is 9.33. The number of carbonyl (C=O) groups excluding carboxylic acids is 2. The van der Waals surface area contributed by atoms with E-state index in [9.17, 15) is 9.59 Å². The predicted molar refractivity (Wildman–Crippen MR) is 120 cm³/mol. The first-order valence-corrected chi connectivity index (χ1v) is 11.1. The van der Waals surface area contributed by atoms with E-state index < -0.39 is 0 Å². The summed E-state index contributed by atoms with van der Waals surface area (Å²) in [5, 5.41) is 6.27. The van der Waals surface area contributed by atoms with E-state index in [0.29, 0.717) is 5.92 Å². The van der Waals surface area contributed by atoms with Crippen molar-refractivity contribution in [3.05, 3.63) is 60.2 Å². The summed E-state index contributed by atoms with van der Waals surface area (Å²) in [6, 6.07) is 17.9. The Morgan fingerprint density at radius 3 is 2.37 bits per heavy atom. The van der Waals surface area contributed by atoms with Crippen molar-refractivity contribution in [3.8, 4) is 0 Å². The van der Waals surface area contributed by atoms with Gasteiger partial charge < -0.3 is 15.5 Å². The lowest BCUT2D eigenvalue weighted by atomic mass is 9.90. The first-order valence-electron chi connectivity index (χ1n) is 11.1. The van der Waals surface area contributed by atoms with Crippen LogP contribution in [0.2, 0.25) is 0 Å². The number of nitrogens with zero attached hydrogens (tertiary/aromatic N) is 1. The van der Waals surface area contributed by atoms with Crippen LogP contribution in [0.3, 0.4) is 0 Å². The molecule has 2 aromatic carbocycles. The molecule has 2 aromatic rings. The molecule has 1 aliphatic carbocycles. The molecular weight excluding hydrogens is 374 g/mol. The number of benzene rings is 2. The average molecular weight is 406 g/mol. The first-order chi connectivity index (χ1) is 14.6. The Balaban J connectivity index is 1.26. The van der Waals surface area contributed by atoms with Crippen molar-refractivity contribution in [1.29, 1.82) is 0 Å². The van der Waals surface area contributed by atoms with Gasteiger partial charge >= 0.3 is 0 Å². The van der Waals surface area contributed by atoms with Gasteiger partial charge in [0.2, 0.25) is 11.8 Å². The van der Waals surface area contributed by atoms with Gasteiger partial charge in [-0.05, 0) is 68.7 Å². The fraction of sp³-hybridized carbons (Fsp3) is 0.440. The SMILES string of the molecule is CC(Nc1cccc(NC(=O)C2CC2)c1)C(=O)N1CCC(Cc2ccccc2)CC1. The molecule has 0 spiro atoms. The summed E-state index contributed by atoms with van der Waals surface area (Å²) in [5.41, 5.74) is 3.01. The van der Waals surface area contributed by atoms with Crippen molar-refractivity contribution < 1.29 is 9.59 Å². The minimum absolute atomic E-state index is 0.0923. The molecule has 2 amide bonds. The van der Waals surface area contributed by atoms with Crippen LogP contribution in [0, 0.1) is 11.8 Å². The smallest absolute Gasteiger partial charge is 0.244 e. The van der Waals surface area contributed by atoms with Crippen molar-refractivity contribution in [2.45, 2.75) is 45.1 Å². The molecule has 1 atom stereocenters. The summed E-state index contributed by atoms with van der Waals surface area (Å²) in [6.45, 7) is 3.55. The lowest BCUT2D eigenvalue weighted by Crippen LogP contribution is -2.45. The minimum atomic E-state index is -0.301. The maximum atomic E-state index is 12.9. The summed E-state index contributed by atoms with van der Waals surface area (Å²) in [4.78, 5) is 26.9. The third kappa shape index (κ3) is 5.41. The maximum absolute atomic E-state index is 12.9. The number of piperidine rings is 1. The second-order valence-electron chi connectivity index (χ2n) is 8.67. The maximum Gasteiger partial charge on any atom is 0.244 e. The van der Waals surface area contributed by atoms with Crippen LogP contribution in [0.1, 0.15) is 38.2 Å². The van der Waals surface area contributed by atoms with Gasteiger partial charge in [0, 0.05) is 30.4 Å².